The van der Waals surface area contributed by atoms with Crippen molar-refractivity contribution in [2.45, 2.75) is 12.4 Å². The number of hydrogen-bond acceptors (Lipinski definition) is 4. The van der Waals surface area contributed by atoms with E-state index in [9.17, 15) is 31.1 Å². The monoisotopic (exact) mass is 404 g/mol. The van der Waals surface area contributed by atoms with E-state index in [2.05, 4.69) is 15.1 Å². The zero-order valence-corrected chi connectivity index (χ0v) is 13.6. The van der Waals surface area contributed by atoms with Crippen molar-refractivity contribution in [2.75, 3.05) is 0 Å². The highest BCUT2D eigenvalue weighted by Gasteiger charge is 2.38. The van der Waals surface area contributed by atoms with Gasteiger partial charge >= 0.3 is 17.2 Å². The molecule has 3 aromatic heterocycles. The Morgan fingerprint density at radius 3 is 2.41 bits per heavy atom. The van der Waals surface area contributed by atoms with Crippen LogP contribution in [0.3, 0.4) is 0 Å². The largest absolute Gasteiger partial charge is 0.453 e. The van der Waals surface area contributed by atoms with Gasteiger partial charge in [0.05, 0.1) is 21.5 Å². The summed E-state index contributed by atoms with van der Waals surface area (Å²) in [6.07, 6.45) is -9.70. The van der Waals surface area contributed by atoms with Gasteiger partial charge in [0, 0.05) is 5.56 Å². The van der Waals surface area contributed by atoms with Crippen LogP contribution in [0.25, 0.3) is 27.1 Å². The van der Waals surface area contributed by atoms with Gasteiger partial charge in [0.1, 0.15) is 0 Å². The fourth-order valence-electron chi connectivity index (χ4n) is 2.58. The van der Waals surface area contributed by atoms with E-state index in [1.807, 2.05) is 0 Å². The van der Waals surface area contributed by atoms with E-state index in [0.717, 1.165) is 11.3 Å². The van der Waals surface area contributed by atoms with Crippen molar-refractivity contribution in [3.63, 3.8) is 0 Å². The molecule has 5 nitrogen and oxygen atoms in total. The molecule has 0 unspecified atom stereocenters. The molecule has 0 saturated carbocycles. The first-order valence-corrected chi connectivity index (χ1v) is 8.02. The van der Waals surface area contributed by atoms with Crippen LogP contribution in [0, 0.1) is 0 Å². The minimum atomic E-state index is -4.91. The van der Waals surface area contributed by atoms with Gasteiger partial charge in [-0.05, 0) is 24.3 Å². The van der Waals surface area contributed by atoms with Gasteiger partial charge in [0.2, 0.25) is 0 Å². The fraction of sp³-hybridized carbons (Fsp3) is 0.133. The molecule has 4 aromatic rings. The van der Waals surface area contributed by atoms with Gasteiger partial charge in [-0.3, -0.25) is 4.79 Å². The van der Waals surface area contributed by atoms with Crippen LogP contribution in [-0.2, 0) is 12.4 Å². The lowest BCUT2D eigenvalue weighted by Gasteiger charge is -2.11. The van der Waals surface area contributed by atoms with E-state index in [1.54, 1.807) is 0 Å². The van der Waals surface area contributed by atoms with Crippen LogP contribution in [0.1, 0.15) is 11.4 Å². The van der Waals surface area contributed by atoms with E-state index < -0.39 is 29.4 Å². The van der Waals surface area contributed by atoms with E-state index in [0.29, 0.717) is 26.9 Å². The van der Waals surface area contributed by atoms with Gasteiger partial charge in [-0.25, -0.2) is 9.50 Å². The number of halogens is 6. The summed E-state index contributed by atoms with van der Waals surface area (Å²) >= 11 is 0.827. The molecule has 140 valence electrons. The summed E-state index contributed by atoms with van der Waals surface area (Å²) in [6, 6.07) is 5.43. The first kappa shape index (κ1) is 17.5. The number of aromatic amines is 1. The lowest BCUT2D eigenvalue weighted by atomic mass is 10.1. The fourth-order valence-corrected chi connectivity index (χ4v) is 3.35. The lowest BCUT2D eigenvalue weighted by molar-refractivity contribution is -0.144. The Morgan fingerprint density at radius 1 is 1.00 bits per heavy atom. The van der Waals surface area contributed by atoms with Crippen LogP contribution in [-0.4, -0.2) is 19.6 Å². The second-order valence-corrected chi connectivity index (χ2v) is 6.57. The molecule has 1 aromatic carbocycles. The maximum Gasteiger partial charge on any atom is 0.453 e. The number of H-pyrrole nitrogens is 1. The maximum absolute atomic E-state index is 13.2. The molecule has 0 saturated heterocycles. The number of benzene rings is 1. The van der Waals surface area contributed by atoms with E-state index in [4.69, 9.17) is 0 Å². The number of thiazole rings is 1. The average Bonchev–Trinajstić information content (AvgIpc) is 3.13. The molecule has 0 radical (unpaired) electrons. The Bertz CT molecular complexity index is 1230. The van der Waals surface area contributed by atoms with E-state index in [1.165, 1.54) is 18.2 Å². The van der Waals surface area contributed by atoms with Crippen molar-refractivity contribution in [1.29, 1.82) is 0 Å². The molecule has 12 heteroatoms. The third-order valence-corrected chi connectivity index (χ3v) is 4.58. The summed E-state index contributed by atoms with van der Waals surface area (Å²) in [7, 11) is 0. The van der Waals surface area contributed by atoms with E-state index in [-0.39, 0.29) is 16.1 Å². The van der Waals surface area contributed by atoms with Crippen molar-refractivity contribution in [2.24, 2.45) is 0 Å². The first-order valence-electron chi connectivity index (χ1n) is 7.21. The summed E-state index contributed by atoms with van der Waals surface area (Å²) in [4.78, 5) is 16.8. The van der Waals surface area contributed by atoms with Gasteiger partial charge in [-0.2, -0.15) is 26.3 Å². The van der Waals surface area contributed by atoms with Crippen LogP contribution in [0.15, 0.2) is 35.1 Å². The number of hydrogen-bond donors (Lipinski definition) is 1. The summed E-state index contributed by atoms with van der Waals surface area (Å²) < 4.78 is 79.4. The summed E-state index contributed by atoms with van der Waals surface area (Å²) in [6.45, 7) is 0. The third-order valence-electron chi connectivity index (χ3n) is 3.73. The molecule has 27 heavy (non-hydrogen) atoms. The van der Waals surface area contributed by atoms with Crippen molar-refractivity contribution in [3.8, 4) is 11.3 Å². The van der Waals surface area contributed by atoms with Crippen molar-refractivity contribution < 1.29 is 26.3 Å². The molecule has 3 heterocycles. The topological polar surface area (TPSA) is 63.0 Å². The molecule has 4 rings (SSSR count). The van der Waals surface area contributed by atoms with Crippen LogP contribution in [0.2, 0.25) is 0 Å². The standard InChI is InChI=1S/C15H6F6N4OS/c16-14(17,18)7-4-9(6-1-2-8-10(3-6)27-13(26)22-8)25-11(5-7)23-12(24-25)15(19,20)21/h1-5H,(H,22,26). The molecule has 1 N–H and O–H groups in total. The van der Waals surface area contributed by atoms with Gasteiger partial charge in [-0.15, -0.1) is 5.10 Å². The highest BCUT2D eigenvalue weighted by molar-refractivity contribution is 7.16. The zero-order valence-electron chi connectivity index (χ0n) is 12.8. The Labute approximate surface area is 148 Å². The molecule has 0 aliphatic rings. The molecule has 0 aliphatic carbocycles. The molecular formula is C15H6F6N4OS. The molecule has 0 bridgehead atoms. The number of aromatic nitrogens is 4. The normalized spacial score (nSPS) is 13.0. The Balaban J connectivity index is 2.03. The number of alkyl halides is 6. The number of nitrogens with zero attached hydrogens (tertiary/aromatic N) is 3. The van der Waals surface area contributed by atoms with Crippen LogP contribution in [0.5, 0.6) is 0 Å². The summed E-state index contributed by atoms with van der Waals surface area (Å²) in [5, 5.41) is 3.32. The van der Waals surface area contributed by atoms with Crippen molar-refractivity contribution in [3.05, 3.63) is 51.4 Å². The minimum absolute atomic E-state index is 0.160. The van der Waals surface area contributed by atoms with Crippen LogP contribution in [0.4, 0.5) is 26.3 Å². The Kier molecular flexibility index (Phi) is 3.60. The molecule has 0 fully saturated rings. The predicted molar refractivity (Wildman–Crippen MR) is 84.4 cm³/mol. The lowest BCUT2D eigenvalue weighted by Crippen LogP contribution is -2.08. The highest BCUT2D eigenvalue weighted by atomic mass is 32.1. The first-order chi connectivity index (χ1) is 12.5. The predicted octanol–water partition coefficient (Wildman–Crippen LogP) is 4.34. The maximum atomic E-state index is 13.2. The van der Waals surface area contributed by atoms with Crippen LogP contribution < -0.4 is 4.87 Å². The second-order valence-electron chi connectivity index (χ2n) is 5.56. The van der Waals surface area contributed by atoms with Crippen LogP contribution >= 0.6 is 11.3 Å². The molecular weight excluding hydrogens is 398 g/mol. The summed E-state index contributed by atoms with van der Waals surface area (Å²) in [5.41, 5.74) is -1.35. The number of fused-ring (bicyclic) bond motifs is 2. The van der Waals surface area contributed by atoms with Gasteiger partial charge in [0.25, 0.3) is 5.82 Å². The van der Waals surface area contributed by atoms with Crippen molar-refractivity contribution >= 4 is 27.2 Å². The Hall–Kier alpha value is -2.89. The smallest absolute Gasteiger partial charge is 0.312 e. The average molecular weight is 404 g/mol. The van der Waals surface area contributed by atoms with Crippen molar-refractivity contribution in [1.82, 2.24) is 19.6 Å². The number of nitrogens with one attached hydrogen (secondary N) is 1. The van der Waals surface area contributed by atoms with Gasteiger partial charge < -0.3 is 4.98 Å². The second kappa shape index (κ2) is 5.55. The zero-order chi connectivity index (χ0) is 19.6. The quantitative estimate of drug-likeness (QED) is 0.480. The highest BCUT2D eigenvalue weighted by Crippen LogP contribution is 2.35. The van der Waals surface area contributed by atoms with Gasteiger partial charge in [-0.1, -0.05) is 17.4 Å². The SMILES string of the molecule is O=c1[nH]c2ccc(-c3cc(C(F)(F)F)cc4nc(C(F)(F)F)nn34)cc2s1. The third kappa shape index (κ3) is 3.05. The molecule has 0 atom stereocenters. The minimum Gasteiger partial charge on any atom is -0.312 e. The Morgan fingerprint density at radius 2 is 1.74 bits per heavy atom. The van der Waals surface area contributed by atoms with E-state index >= 15 is 0 Å². The molecule has 0 spiro atoms. The van der Waals surface area contributed by atoms with Gasteiger partial charge in [0.15, 0.2) is 5.65 Å². The number of rotatable bonds is 1. The summed E-state index contributed by atoms with van der Waals surface area (Å²) in [5.74, 6) is -1.55. The number of pyridine rings is 1. The molecule has 0 amide bonds. The molecule has 0 aliphatic heterocycles.